The Hall–Kier alpha value is -0.150. The van der Waals surface area contributed by atoms with Crippen LogP contribution in [0.15, 0.2) is 11.1 Å². The minimum absolute atomic E-state index is 0.309. The maximum absolute atomic E-state index is 10.6. The van der Waals surface area contributed by atoms with E-state index in [1.165, 1.54) is 17.3 Å². The van der Waals surface area contributed by atoms with Crippen LogP contribution in [0.3, 0.4) is 0 Å². The van der Waals surface area contributed by atoms with Crippen LogP contribution in [0.25, 0.3) is 0 Å². The average molecular weight is 209 g/mol. The van der Waals surface area contributed by atoms with Crippen LogP contribution in [0.4, 0.5) is 0 Å². The number of halogens is 1. The molecule has 0 spiro atoms. The second kappa shape index (κ2) is 6.38. The van der Waals surface area contributed by atoms with Gasteiger partial charge in [-0.05, 0) is 13.3 Å². The lowest BCUT2D eigenvalue weighted by Crippen LogP contribution is -2.15. The number of hydrogen-bond donors (Lipinski definition) is 1. The Morgan fingerprint density at radius 3 is 2.67 bits per heavy atom. The van der Waals surface area contributed by atoms with Crippen molar-refractivity contribution in [3.8, 4) is 0 Å². The molecule has 1 unspecified atom stereocenters. The van der Waals surface area contributed by atoms with Crippen LogP contribution < -0.4 is 0 Å². The molecule has 70 valence electrons. The molecule has 0 heterocycles. The molecule has 0 amide bonds. The van der Waals surface area contributed by atoms with E-state index in [2.05, 4.69) is 0 Å². The van der Waals surface area contributed by atoms with Crippen molar-refractivity contribution in [2.45, 2.75) is 25.5 Å². The molecule has 1 atom stereocenters. The zero-order valence-electron chi connectivity index (χ0n) is 7.21. The maximum atomic E-state index is 10.6. The molecule has 0 aromatic heterocycles. The van der Waals surface area contributed by atoms with Crippen molar-refractivity contribution in [1.82, 2.24) is 0 Å². The van der Waals surface area contributed by atoms with Crippen molar-refractivity contribution >= 4 is 29.3 Å². The molecule has 0 saturated carbocycles. The quantitative estimate of drug-likeness (QED) is 0.755. The van der Waals surface area contributed by atoms with Gasteiger partial charge in [0.2, 0.25) is 0 Å². The lowest BCUT2D eigenvalue weighted by molar-refractivity contribution is -0.136. The fourth-order valence-electron chi connectivity index (χ4n) is 0.627. The molecule has 0 saturated heterocycles. The number of carboxylic acids is 1. The normalized spacial score (nSPS) is 14.4. The molecule has 0 aromatic carbocycles. The lowest BCUT2D eigenvalue weighted by atomic mass is 10.3. The largest absolute Gasteiger partial charge is 0.480 e. The molecule has 0 aromatic rings. The fourth-order valence-corrected chi connectivity index (χ4v) is 1.72. The summed E-state index contributed by atoms with van der Waals surface area (Å²) in [5.74, 6) is -0.0567. The second-order valence-electron chi connectivity index (χ2n) is 2.50. The van der Waals surface area contributed by atoms with E-state index in [0.29, 0.717) is 12.2 Å². The van der Waals surface area contributed by atoms with Crippen LogP contribution in [0.2, 0.25) is 0 Å². The van der Waals surface area contributed by atoms with Crippen molar-refractivity contribution in [3.63, 3.8) is 0 Å². The molecule has 0 aliphatic carbocycles. The molecule has 0 radical (unpaired) electrons. The maximum Gasteiger partial charge on any atom is 0.316 e. The van der Waals surface area contributed by atoms with Gasteiger partial charge in [0, 0.05) is 11.3 Å². The SMILES string of the molecule is CCC(SCC(C)=CCl)C(=O)O. The van der Waals surface area contributed by atoms with Crippen LogP contribution >= 0.6 is 23.4 Å². The number of carbonyl (C=O) groups is 1. The first-order valence-corrected chi connectivity index (χ1v) is 5.20. The Morgan fingerprint density at radius 2 is 2.33 bits per heavy atom. The lowest BCUT2D eigenvalue weighted by Gasteiger charge is -2.08. The van der Waals surface area contributed by atoms with Gasteiger partial charge >= 0.3 is 5.97 Å². The summed E-state index contributed by atoms with van der Waals surface area (Å²) in [4.78, 5) is 10.6. The van der Waals surface area contributed by atoms with E-state index in [1.54, 1.807) is 0 Å². The second-order valence-corrected chi connectivity index (χ2v) is 3.91. The first-order chi connectivity index (χ1) is 5.61. The van der Waals surface area contributed by atoms with E-state index in [1.807, 2.05) is 13.8 Å². The summed E-state index contributed by atoms with van der Waals surface area (Å²) in [6, 6.07) is 0. The summed E-state index contributed by atoms with van der Waals surface area (Å²) in [5.41, 5.74) is 2.49. The summed E-state index contributed by atoms with van der Waals surface area (Å²) < 4.78 is 0. The van der Waals surface area contributed by atoms with Gasteiger partial charge in [0.05, 0.1) is 0 Å². The smallest absolute Gasteiger partial charge is 0.316 e. The Balaban J connectivity index is 3.81. The molecule has 0 rings (SSSR count). The van der Waals surface area contributed by atoms with Gasteiger partial charge in [-0.3, -0.25) is 4.79 Å². The highest BCUT2D eigenvalue weighted by Gasteiger charge is 2.14. The molecule has 1 N–H and O–H groups in total. The minimum atomic E-state index is -0.745. The van der Waals surface area contributed by atoms with Crippen molar-refractivity contribution < 1.29 is 9.90 Å². The van der Waals surface area contributed by atoms with Gasteiger partial charge in [-0.2, -0.15) is 0 Å². The Morgan fingerprint density at radius 1 is 1.75 bits per heavy atom. The standard InChI is InChI=1S/C8H13ClO2S/c1-3-7(8(10)11)12-5-6(2)4-9/h4,7H,3,5H2,1-2H3,(H,10,11). The van der Waals surface area contributed by atoms with E-state index in [-0.39, 0.29) is 5.25 Å². The summed E-state index contributed by atoms with van der Waals surface area (Å²) >= 11 is 6.85. The summed E-state index contributed by atoms with van der Waals surface area (Å²) in [5, 5.41) is 8.38. The van der Waals surface area contributed by atoms with Gasteiger partial charge in [0.25, 0.3) is 0 Å². The van der Waals surface area contributed by atoms with Crippen molar-refractivity contribution in [1.29, 1.82) is 0 Å². The molecule has 0 bridgehead atoms. The van der Waals surface area contributed by atoms with E-state index < -0.39 is 5.97 Å². The Labute approximate surface area is 82.0 Å². The molecule has 12 heavy (non-hydrogen) atoms. The zero-order chi connectivity index (χ0) is 9.56. The molecule has 0 aliphatic heterocycles. The summed E-state index contributed by atoms with van der Waals surface area (Å²) in [6.07, 6.45) is 0.648. The highest BCUT2D eigenvalue weighted by atomic mass is 35.5. The predicted octanol–water partition coefficient (Wildman–Crippen LogP) is 2.73. The third-order valence-electron chi connectivity index (χ3n) is 1.34. The third kappa shape index (κ3) is 4.67. The van der Waals surface area contributed by atoms with Crippen LogP contribution in [-0.2, 0) is 4.79 Å². The summed E-state index contributed by atoms with van der Waals surface area (Å²) in [6.45, 7) is 3.75. The number of carboxylic acid groups (broad SMARTS) is 1. The number of rotatable bonds is 5. The predicted molar refractivity (Wildman–Crippen MR) is 53.8 cm³/mol. The molecule has 0 fully saturated rings. The van der Waals surface area contributed by atoms with Crippen molar-refractivity contribution in [2.75, 3.05) is 5.75 Å². The van der Waals surface area contributed by atoms with Crippen LogP contribution in [-0.4, -0.2) is 22.1 Å². The average Bonchev–Trinajstić information content (AvgIpc) is 2.04. The Kier molecular flexibility index (Phi) is 6.30. The van der Waals surface area contributed by atoms with Crippen LogP contribution in [0.1, 0.15) is 20.3 Å². The van der Waals surface area contributed by atoms with E-state index in [9.17, 15) is 4.79 Å². The van der Waals surface area contributed by atoms with E-state index >= 15 is 0 Å². The third-order valence-corrected chi connectivity index (χ3v) is 3.28. The Bertz CT molecular complexity index is 180. The fraction of sp³-hybridized carbons (Fsp3) is 0.625. The highest BCUT2D eigenvalue weighted by molar-refractivity contribution is 8.00. The van der Waals surface area contributed by atoms with Crippen LogP contribution in [0.5, 0.6) is 0 Å². The highest BCUT2D eigenvalue weighted by Crippen LogP contribution is 2.17. The van der Waals surface area contributed by atoms with Gasteiger partial charge in [-0.25, -0.2) is 0 Å². The van der Waals surface area contributed by atoms with Gasteiger partial charge in [-0.1, -0.05) is 24.1 Å². The monoisotopic (exact) mass is 208 g/mol. The molecule has 4 heteroatoms. The van der Waals surface area contributed by atoms with E-state index in [0.717, 1.165) is 5.57 Å². The number of thioether (sulfide) groups is 1. The van der Waals surface area contributed by atoms with Gasteiger partial charge in [-0.15, -0.1) is 11.8 Å². The number of aliphatic carboxylic acids is 1. The topological polar surface area (TPSA) is 37.3 Å². The molecule has 2 nitrogen and oxygen atoms in total. The van der Waals surface area contributed by atoms with Gasteiger partial charge in [0.1, 0.15) is 5.25 Å². The van der Waals surface area contributed by atoms with Crippen molar-refractivity contribution in [3.05, 3.63) is 11.1 Å². The molecular formula is C8H13ClO2S. The molecular weight excluding hydrogens is 196 g/mol. The van der Waals surface area contributed by atoms with Gasteiger partial charge in [0.15, 0.2) is 0 Å². The minimum Gasteiger partial charge on any atom is -0.480 e. The first-order valence-electron chi connectivity index (χ1n) is 3.72. The number of hydrogen-bond acceptors (Lipinski definition) is 2. The van der Waals surface area contributed by atoms with Gasteiger partial charge < -0.3 is 5.11 Å². The van der Waals surface area contributed by atoms with Crippen molar-refractivity contribution in [2.24, 2.45) is 0 Å². The molecule has 0 aliphatic rings. The first kappa shape index (κ1) is 11.8. The van der Waals surface area contributed by atoms with Crippen LogP contribution in [0, 0.1) is 0 Å². The zero-order valence-corrected chi connectivity index (χ0v) is 8.78. The van der Waals surface area contributed by atoms with E-state index in [4.69, 9.17) is 16.7 Å². The summed E-state index contributed by atoms with van der Waals surface area (Å²) in [7, 11) is 0.